The van der Waals surface area contributed by atoms with Crippen LogP contribution in [0.3, 0.4) is 0 Å². The molecule has 3 N–H and O–H groups in total. The number of anilines is 1. The van der Waals surface area contributed by atoms with Crippen molar-refractivity contribution in [3.63, 3.8) is 0 Å². The number of carbonyl (C=O) groups is 2. The normalized spacial score (nSPS) is 14.1. The summed E-state index contributed by atoms with van der Waals surface area (Å²) in [6.45, 7) is 5.91. The van der Waals surface area contributed by atoms with Gasteiger partial charge in [0, 0.05) is 19.0 Å². The number of ether oxygens (including phenoxy) is 5. The van der Waals surface area contributed by atoms with Crippen molar-refractivity contribution in [2.45, 2.75) is 58.5 Å². The van der Waals surface area contributed by atoms with Gasteiger partial charge in [0.25, 0.3) is 0 Å². The van der Waals surface area contributed by atoms with Crippen molar-refractivity contribution in [3.05, 3.63) is 69.4 Å². The van der Waals surface area contributed by atoms with Gasteiger partial charge in [-0.1, -0.05) is 26.0 Å². The van der Waals surface area contributed by atoms with Gasteiger partial charge in [0.1, 0.15) is 6.04 Å². The zero-order valence-corrected chi connectivity index (χ0v) is 29.1. The van der Waals surface area contributed by atoms with Crippen LogP contribution in [0.25, 0.3) is 11.1 Å². The SMILES string of the molecule is COc1ccc(CCNC(=O)[C@H](CC(C)C)Nc2ccc3c(cc2=O)[C@@H](NC(C)=O)CCc2cc(OC)c(OC)c(OC)c2-3)cc1OC. The maximum atomic E-state index is 13.9. The van der Waals surface area contributed by atoms with E-state index in [0.29, 0.717) is 72.1 Å². The highest BCUT2D eigenvalue weighted by atomic mass is 16.5. The molecular formula is C37H47N3O8. The fraction of sp³-hybridized carbons (Fsp3) is 0.432. The van der Waals surface area contributed by atoms with Gasteiger partial charge in [0.2, 0.25) is 23.0 Å². The van der Waals surface area contributed by atoms with Gasteiger partial charge in [-0.15, -0.1) is 0 Å². The maximum Gasteiger partial charge on any atom is 0.242 e. The molecule has 0 aromatic heterocycles. The molecule has 4 rings (SSSR count). The average Bonchev–Trinajstić information content (AvgIpc) is 3.31. The lowest BCUT2D eigenvalue weighted by atomic mass is 9.95. The monoisotopic (exact) mass is 661 g/mol. The lowest BCUT2D eigenvalue weighted by molar-refractivity contribution is -0.122. The number of rotatable bonds is 14. The van der Waals surface area contributed by atoms with E-state index in [1.807, 2.05) is 44.2 Å². The molecule has 0 saturated carbocycles. The highest BCUT2D eigenvalue weighted by molar-refractivity contribution is 5.86. The molecule has 0 radical (unpaired) electrons. The Balaban J connectivity index is 1.70. The second-order valence-electron chi connectivity index (χ2n) is 12.2. The molecule has 0 spiro atoms. The van der Waals surface area contributed by atoms with Crippen molar-refractivity contribution in [2.24, 2.45) is 5.92 Å². The first-order chi connectivity index (χ1) is 23.0. The number of carbonyl (C=O) groups excluding carboxylic acids is 2. The number of aryl methyl sites for hydroxylation is 1. The lowest BCUT2D eigenvalue weighted by Gasteiger charge is -2.21. The third-order valence-corrected chi connectivity index (χ3v) is 8.43. The molecule has 0 bridgehead atoms. The molecule has 258 valence electrons. The molecule has 11 heteroatoms. The van der Waals surface area contributed by atoms with E-state index in [1.54, 1.807) is 47.7 Å². The van der Waals surface area contributed by atoms with E-state index >= 15 is 0 Å². The Labute approximate surface area is 282 Å². The summed E-state index contributed by atoms with van der Waals surface area (Å²) in [5.74, 6) is 2.43. The Hall–Kier alpha value is -4.93. The molecule has 0 saturated heterocycles. The standard InChI is InChI=1S/C37H47N3O8/c1-21(2)17-29(37(43)38-16-15-23-9-14-31(44-4)32(18-23)45-5)40-28-13-11-25-26(20-30(28)42)27(39-22(3)41)12-10-24-19-33(46-6)35(47-7)36(48-8)34(24)25/h9,11,13-14,18-21,27,29H,10,12,15-17H2,1-8H3,(H,38,43)(H,39,41)(H,40,42)/t27-,29-/m0/s1. The Bertz CT molecular complexity index is 1690. The van der Waals surface area contributed by atoms with Crippen LogP contribution in [-0.4, -0.2) is 59.9 Å². The van der Waals surface area contributed by atoms with E-state index in [0.717, 1.165) is 16.7 Å². The first-order valence-corrected chi connectivity index (χ1v) is 16.1. The summed E-state index contributed by atoms with van der Waals surface area (Å²) in [6, 6.07) is 11.5. The Morgan fingerprint density at radius 3 is 2.19 bits per heavy atom. The van der Waals surface area contributed by atoms with Crippen molar-refractivity contribution < 1.29 is 33.3 Å². The number of benzene rings is 2. The van der Waals surface area contributed by atoms with Gasteiger partial charge < -0.3 is 39.6 Å². The molecule has 0 aliphatic heterocycles. The first-order valence-electron chi connectivity index (χ1n) is 16.1. The molecule has 1 aliphatic rings. The van der Waals surface area contributed by atoms with Gasteiger partial charge >= 0.3 is 0 Å². The molecule has 0 unspecified atom stereocenters. The number of hydrogen-bond acceptors (Lipinski definition) is 9. The average molecular weight is 662 g/mol. The first kappa shape index (κ1) is 35.9. The second kappa shape index (κ2) is 16.3. The van der Waals surface area contributed by atoms with E-state index in [2.05, 4.69) is 16.0 Å². The van der Waals surface area contributed by atoms with Crippen LogP contribution in [0.15, 0.2) is 47.3 Å². The molecule has 3 aromatic rings. The van der Waals surface area contributed by atoms with E-state index in [-0.39, 0.29) is 28.8 Å². The lowest BCUT2D eigenvalue weighted by Crippen LogP contribution is -2.42. The van der Waals surface area contributed by atoms with E-state index < -0.39 is 12.1 Å². The smallest absolute Gasteiger partial charge is 0.242 e. The predicted molar refractivity (Wildman–Crippen MR) is 186 cm³/mol. The molecule has 0 heterocycles. The van der Waals surface area contributed by atoms with Crippen LogP contribution in [0.1, 0.15) is 56.3 Å². The van der Waals surface area contributed by atoms with Crippen LogP contribution < -0.4 is 45.1 Å². The van der Waals surface area contributed by atoms with Crippen molar-refractivity contribution in [1.82, 2.24) is 10.6 Å². The van der Waals surface area contributed by atoms with Crippen LogP contribution in [0.2, 0.25) is 0 Å². The highest BCUT2D eigenvalue weighted by Gasteiger charge is 2.30. The third-order valence-electron chi connectivity index (χ3n) is 8.43. The largest absolute Gasteiger partial charge is 0.493 e. The zero-order chi connectivity index (χ0) is 35.0. The molecule has 48 heavy (non-hydrogen) atoms. The van der Waals surface area contributed by atoms with Crippen molar-refractivity contribution in [3.8, 4) is 39.9 Å². The summed E-state index contributed by atoms with van der Waals surface area (Å²) in [5.41, 5.74) is 3.99. The van der Waals surface area contributed by atoms with Crippen molar-refractivity contribution in [2.75, 3.05) is 47.4 Å². The fourth-order valence-corrected chi connectivity index (χ4v) is 6.21. The zero-order valence-electron chi connectivity index (χ0n) is 29.1. The third kappa shape index (κ3) is 8.13. The minimum atomic E-state index is -0.664. The summed E-state index contributed by atoms with van der Waals surface area (Å²) < 4.78 is 27.9. The quantitative estimate of drug-likeness (QED) is 0.217. The minimum absolute atomic E-state index is 0.172. The van der Waals surface area contributed by atoms with Crippen molar-refractivity contribution in [1.29, 1.82) is 0 Å². The van der Waals surface area contributed by atoms with E-state index in [9.17, 15) is 14.4 Å². The summed E-state index contributed by atoms with van der Waals surface area (Å²) in [4.78, 5) is 39.7. The van der Waals surface area contributed by atoms with Gasteiger partial charge in [-0.25, -0.2) is 0 Å². The molecule has 2 atom stereocenters. The van der Waals surface area contributed by atoms with Gasteiger partial charge in [0.05, 0.1) is 47.3 Å². The van der Waals surface area contributed by atoms with E-state index in [1.165, 1.54) is 6.92 Å². The van der Waals surface area contributed by atoms with Crippen LogP contribution in [0, 0.1) is 5.92 Å². The summed E-state index contributed by atoms with van der Waals surface area (Å²) in [7, 11) is 7.84. The summed E-state index contributed by atoms with van der Waals surface area (Å²) in [5, 5.41) is 9.29. The van der Waals surface area contributed by atoms with Gasteiger partial charge in [-0.2, -0.15) is 0 Å². The Morgan fingerprint density at radius 2 is 1.56 bits per heavy atom. The second-order valence-corrected chi connectivity index (χ2v) is 12.2. The predicted octanol–water partition coefficient (Wildman–Crippen LogP) is 5.07. The van der Waals surface area contributed by atoms with Gasteiger partial charge in [-0.3, -0.25) is 14.4 Å². The summed E-state index contributed by atoms with van der Waals surface area (Å²) in [6.07, 6.45) is 2.22. The highest BCUT2D eigenvalue weighted by Crippen LogP contribution is 2.50. The molecular weight excluding hydrogens is 614 g/mol. The maximum absolute atomic E-state index is 13.9. The van der Waals surface area contributed by atoms with Crippen LogP contribution in [0.4, 0.5) is 5.69 Å². The summed E-state index contributed by atoms with van der Waals surface area (Å²) >= 11 is 0. The van der Waals surface area contributed by atoms with Crippen LogP contribution in [-0.2, 0) is 22.4 Å². The number of amides is 2. The van der Waals surface area contributed by atoms with Gasteiger partial charge in [0.15, 0.2) is 23.0 Å². The minimum Gasteiger partial charge on any atom is -0.493 e. The molecule has 11 nitrogen and oxygen atoms in total. The van der Waals surface area contributed by atoms with E-state index in [4.69, 9.17) is 23.7 Å². The Morgan fingerprint density at radius 1 is 0.854 bits per heavy atom. The number of methoxy groups -OCH3 is 5. The van der Waals surface area contributed by atoms with Gasteiger partial charge in [-0.05, 0) is 84.2 Å². The number of hydrogen-bond donors (Lipinski definition) is 3. The Kier molecular flexibility index (Phi) is 12.2. The fourth-order valence-electron chi connectivity index (χ4n) is 6.21. The number of nitrogens with one attached hydrogen (secondary N) is 3. The molecule has 2 amide bonds. The molecule has 3 aromatic carbocycles. The van der Waals surface area contributed by atoms with Crippen LogP contribution >= 0.6 is 0 Å². The number of fused-ring (bicyclic) bond motifs is 3. The molecule has 1 aliphatic carbocycles. The topological polar surface area (TPSA) is 133 Å². The van der Waals surface area contributed by atoms with Crippen LogP contribution in [0.5, 0.6) is 28.7 Å². The molecule has 0 fully saturated rings. The van der Waals surface area contributed by atoms with Crippen molar-refractivity contribution >= 4 is 17.5 Å².